The lowest BCUT2D eigenvalue weighted by atomic mass is 10.1. The van der Waals surface area contributed by atoms with E-state index in [-0.39, 0.29) is 11.9 Å². The molecule has 5 heteroatoms. The monoisotopic (exact) mass is 355 g/mol. The first-order valence-corrected chi connectivity index (χ1v) is 8.09. The minimum Gasteiger partial charge on any atom is -0.493 e. The van der Waals surface area contributed by atoms with Crippen molar-refractivity contribution in [3.8, 4) is 17.6 Å². The Balaban J connectivity index is 2.23. The Morgan fingerprint density at radius 3 is 2.48 bits per heavy atom. The van der Waals surface area contributed by atoms with Crippen LogP contribution >= 0.6 is 11.6 Å². The van der Waals surface area contributed by atoms with Crippen LogP contribution in [0.2, 0.25) is 5.02 Å². The number of rotatable bonds is 6. The molecule has 0 heterocycles. The fourth-order valence-corrected chi connectivity index (χ4v) is 2.43. The lowest BCUT2D eigenvalue weighted by Gasteiger charge is -2.15. The van der Waals surface area contributed by atoms with E-state index in [2.05, 4.69) is 0 Å². The predicted octanol–water partition coefficient (Wildman–Crippen LogP) is 4.90. The number of nitrogens with zero attached hydrogens (tertiary/aromatic N) is 1. The van der Waals surface area contributed by atoms with E-state index >= 15 is 0 Å². The van der Waals surface area contributed by atoms with Crippen molar-refractivity contribution in [1.29, 1.82) is 5.26 Å². The van der Waals surface area contributed by atoms with Crippen LogP contribution < -0.4 is 9.47 Å². The SMILES string of the molecule is COc1cc(/C=C/C(=O)c2ccc(C#N)cc2)cc(Cl)c1OC(C)C. The zero-order valence-electron chi connectivity index (χ0n) is 14.2. The lowest BCUT2D eigenvalue weighted by molar-refractivity contribution is 0.104. The largest absolute Gasteiger partial charge is 0.493 e. The highest BCUT2D eigenvalue weighted by Gasteiger charge is 2.13. The van der Waals surface area contributed by atoms with E-state index < -0.39 is 0 Å². The molecule has 0 radical (unpaired) electrons. The molecule has 0 aliphatic carbocycles. The van der Waals surface area contributed by atoms with Gasteiger partial charge < -0.3 is 9.47 Å². The van der Waals surface area contributed by atoms with Crippen LogP contribution in [0.5, 0.6) is 11.5 Å². The Labute approximate surface area is 152 Å². The van der Waals surface area contributed by atoms with Gasteiger partial charge in [-0.2, -0.15) is 5.26 Å². The Hall–Kier alpha value is -2.77. The summed E-state index contributed by atoms with van der Waals surface area (Å²) in [5, 5.41) is 9.20. The summed E-state index contributed by atoms with van der Waals surface area (Å²) in [6.45, 7) is 3.81. The summed E-state index contributed by atoms with van der Waals surface area (Å²) < 4.78 is 11.0. The summed E-state index contributed by atoms with van der Waals surface area (Å²) in [7, 11) is 1.54. The molecule has 4 nitrogen and oxygen atoms in total. The van der Waals surface area contributed by atoms with Gasteiger partial charge in [0.2, 0.25) is 0 Å². The van der Waals surface area contributed by atoms with Gasteiger partial charge in [0.05, 0.1) is 29.9 Å². The molecule has 0 saturated carbocycles. The van der Waals surface area contributed by atoms with Crippen molar-refractivity contribution in [2.24, 2.45) is 0 Å². The van der Waals surface area contributed by atoms with Gasteiger partial charge in [-0.25, -0.2) is 0 Å². The molecule has 0 amide bonds. The summed E-state index contributed by atoms with van der Waals surface area (Å²) in [4.78, 5) is 12.2. The standard InChI is InChI=1S/C20H18ClNO3/c1-13(2)25-20-17(21)10-15(11-19(20)24-3)6-9-18(23)16-7-4-14(12-22)5-8-16/h4-11,13H,1-3H3/b9-6+. The first-order chi connectivity index (χ1) is 11.9. The second-order valence-electron chi connectivity index (χ2n) is 5.59. The second kappa shape index (κ2) is 8.36. The van der Waals surface area contributed by atoms with Gasteiger partial charge in [0.15, 0.2) is 17.3 Å². The van der Waals surface area contributed by atoms with Crippen LogP contribution in [0.1, 0.15) is 35.3 Å². The third-order valence-electron chi connectivity index (χ3n) is 3.33. The molecule has 2 aromatic carbocycles. The molecular weight excluding hydrogens is 338 g/mol. The fraction of sp³-hybridized carbons (Fsp3) is 0.200. The van der Waals surface area contributed by atoms with Crippen molar-refractivity contribution in [3.05, 3.63) is 64.2 Å². The highest BCUT2D eigenvalue weighted by Crippen LogP contribution is 2.37. The summed E-state index contributed by atoms with van der Waals surface area (Å²) in [5.41, 5.74) is 1.74. The molecule has 0 bridgehead atoms. The summed E-state index contributed by atoms with van der Waals surface area (Å²) >= 11 is 6.27. The van der Waals surface area contributed by atoms with Gasteiger partial charge in [-0.05, 0) is 61.9 Å². The summed E-state index contributed by atoms with van der Waals surface area (Å²) in [6, 6.07) is 12.0. The molecular formula is C20H18ClNO3. The molecule has 0 N–H and O–H groups in total. The van der Waals surface area contributed by atoms with Crippen LogP contribution in [-0.4, -0.2) is 19.0 Å². The normalized spacial score (nSPS) is 10.7. The van der Waals surface area contributed by atoms with Crippen LogP contribution in [0.15, 0.2) is 42.5 Å². The quantitative estimate of drug-likeness (QED) is 0.546. The van der Waals surface area contributed by atoms with Gasteiger partial charge >= 0.3 is 0 Å². The van der Waals surface area contributed by atoms with Crippen molar-refractivity contribution in [3.63, 3.8) is 0 Å². The number of benzene rings is 2. The zero-order chi connectivity index (χ0) is 18.4. The van der Waals surface area contributed by atoms with Gasteiger partial charge in [-0.15, -0.1) is 0 Å². The van der Waals surface area contributed by atoms with Crippen molar-refractivity contribution in [1.82, 2.24) is 0 Å². The number of allylic oxidation sites excluding steroid dienone is 1. The van der Waals surface area contributed by atoms with Crippen molar-refractivity contribution in [2.45, 2.75) is 20.0 Å². The minimum atomic E-state index is -0.165. The number of ketones is 1. The highest BCUT2D eigenvalue weighted by atomic mass is 35.5. The molecule has 25 heavy (non-hydrogen) atoms. The fourth-order valence-electron chi connectivity index (χ4n) is 2.16. The van der Waals surface area contributed by atoms with Gasteiger partial charge in [-0.1, -0.05) is 17.7 Å². The smallest absolute Gasteiger partial charge is 0.185 e. The number of hydrogen-bond donors (Lipinski definition) is 0. The van der Waals surface area contributed by atoms with Gasteiger partial charge in [0.25, 0.3) is 0 Å². The second-order valence-corrected chi connectivity index (χ2v) is 5.99. The number of ether oxygens (including phenoxy) is 2. The van der Waals surface area contributed by atoms with Gasteiger partial charge in [0.1, 0.15) is 0 Å². The van der Waals surface area contributed by atoms with E-state index in [9.17, 15) is 4.79 Å². The maximum Gasteiger partial charge on any atom is 0.185 e. The first-order valence-electron chi connectivity index (χ1n) is 7.71. The lowest BCUT2D eigenvalue weighted by Crippen LogP contribution is -2.07. The third-order valence-corrected chi connectivity index (χ3v) is 3.61. The maximum atomic E-state index is 12.2. The topological polar surface area (TPSA) is 59.3 Å². The number of carbonyl (C=O) groups excluding carboxylic acids is 1. The average molecular weight is 356 g/mol. The summed E-state index contributed by atoms with van der Waals surface area (Å²) in [5.74, 6) is 0.823. The number of carbonyl (C=O) groups is 1. The van der Waals surface area contributed by atoms with E-state index in [0.717, 1.165) is 5.56 Å². The van der Waals surface area contributed by atoms with E-state index in [4.69, 9.17) is 26.3 Å². The molecule has 0 fully saturated rings. The Kier molecular flexibility index (Phi) is 6.21. The van der Waals surface area contributed by atoms with Crippen molar-refractivity contribution >= 4 is 23.5 Å². The molecule has 2 rings (SSSR count). The van der Waals surface area contributed by atoms with Crippen LogP contribution in [0.4, 0.5) is 0 Å². The maximum absolute atomic E-state index is 12.2. The van der Waals surface area contributed by atoms with Crippen LogP contribution in [0.3, 0.4) is 0 Å². The Morgan fingerprint density at radius 1 is 1.24 bits per heavy atom. The molecule has 0 unspecified atom stereocenters. The zero-order valence-corrected chi connectivity index (χ0v) is 15.0. The van der Waals surface area contributed by atoms with E-state index in [1.165, 1.54) is 13.2 Å². The van der Waals surface area contributed by atoms with E-state index in [1.54, 1.807) is 42.5 Å². The van der Waals surface area contributed by atoms with Crippen LogP contribution in [-0.2, 0) is 0 Å². The Morgan fingerprint density at radius 2 is 1.92 bits per heavy atom. The number of nitriles is 1. The van der Waals surface area contributed by atoms with Gasteiger partial charge in [0, 0.05) is 5.56 Å². The number of halogens is 1. The van der Waals surface area contributed by atoms with Crippen molar-refractivity contribution in [2.75, 3.05) is 7.11 Å². The third kappa shape index (κ3) is 4.85. The molecule has 0 aromatic heterocycles. The molecule has 0 atom stereocenters. The number of methoxy groups -OCH3 is 1. The molecule has 0 saturated heterocycles. The predicted molar refractivity (Wildman–Crippen MR) is 98.3 cm³/mol. The number of hydrogen-bond acceptors (Lipinski definition) is 4. The molecule has 0 aliphatic rings. The minimum absolute atomic E-state index is 0.0363. The van der Waals surface area contributed by atoms with E-state index in [0.29, 0.717) is 27.6 Å². The Bertz CT molecular complexity index is 833. The molecule has 128 valence electrons. The van der Waals surface area contributed by atoms with E-state index in [1.807, 2.05) is 19.9 Å². The first kappa shape index (κ1) is 18.6. The average Bonchev–Trinajstić information content (AvgIpc) is 2.61. The van der Waals surface area contributed by atoms with Gasteiger partial charge in [-0.3, -0.25) is 4.79 Å². The van der Waals surface area contributed by atoms with Crippen molar-refractivity contribution < 1.29 is 14.3 Å². The van der Waals surface area contributed by atoms with Crippen LogP contribution in [0.25, 0.3) is 6.08 Å². The highest BCUT2D eigenvalue weighted by molar-refractivity contribution is 6.32. The molecule has 0 aliphatic heterocycles. The summed E-state index contributed by atoms with van der Waals surface area (Å²) in [6.07, 6.45) is 3.08. The van der Waals surface area contributed by atoms with Crippen LogP contribution in [0, 0.1) is 11.3 Å². The molecule has 2 aromatic rings. The molecule has 0 spiro atoms.